The van der Waals surface area contributed by atoms with Gasteiger partial charge < -0.3 is 15.0 Å². The Labute approximate surface area is 498 Å². The summed E-state index contributed by atoms with van der Waals surface area (Å²) in [5.41, 5.74) is 14.8. The van der Waals surface area contributed by atoms with Gasteiger partial charge in [0.05, 0.1) is 0 Å². The maximum Gasteiger partial charge on any atom is 3.00 e. The normalized spacial score (nSPS) is 13.0. The number of hydrogen-bond acceptors (Lipinski definition) is 0. The molecule has 0 N–H and O–H groups in total. The van der Waals surface area contributed by atoms with Crippen molar-refractivity contribution in [3.8, 4) is 0 Å². The average molecular weight is 1470 g/mol. The van der Waals surface area contributed by atoms with Crippen LogP contribution in [0, 0.1) is 38.2 Å². The van der Waals surface area contributed by atoms with Crippen molar-refractivity contribution >= 4 is 161 Å². The zero-order valence-corrected chi connectivity index (χ0v) is 55.4. The van der Waals surface area contributed by atoms with E-state index in [1.165, 1.54) is 65.7 Å². The Morgan fingerprint density at radius 2 is 0.343 bits per heavy atom. The Bertz CT molecular complexity index is 2870. The van der Waals surface area contributed by atoms with Crippen molar-refractivity contribution in [1.29, 1.82) is 0 Å². The number of hydrogen-bond donors (Lipinski definition) is 0. The zero-order valence-electron chi connectivity index (χ0n) is 43.9. The summed E-state index contributed by atoms with van der Waals surface area (Å²) in [7, 11) is 0. The SMILES string of the molecule is CC(C)(C)c1cc(Br)c2[n-]c3c(Br)cc(C(C)(C)C)cc3c2c1.CC(C)(C)c1cc(Br)c2[n-]c3c(Br)cc(C(C)(C)C)cc3c2c1.CC(C)(C)c1cc(Br)c2[n-]c3c(Br)cc(C(C)(C)C)cc3c2c1.[Dy+3]. The fourth-order valence-corrected chi connectivity index (χ4v) is 11.7. The molecule has 1 radical (unpaired) electrons. The number of benzene rings is 6. The van der Waals surface area contributed by atoms with E-state index in [1.54, 1.807) is 0 Å². The predicted molar refractivity (Wildman–Crippen MR) is 323 cm³/mol. The molecule has 70 heavy (non-hydrogen) atoms. The van der Waals surface area contributed by atoms with Crippen LogP contribution >= 0.6 is 95.6 Å². The molecular formula is C60H66Br6DyN3. The Morgan fingerprint density at radius 1 is 0.229 bits per heavy atom. The molecule has 0 aliphatic heterocycles. The van der Waals surface area contributed by atoms with Crippen molar-refractivity contribution in [3.05, 3.63) is 133 Å². The van der Waals surface area contributed by atoms with Gasteiger partial charge in [0.1, 0.15) is 0 Å². The first kappa shape index (κ1) is 58.1. The van der Waals surface area contributed by atoms with Gasteiger partial charge in [-0.25, -0.2) is 0 Å². The van der Waals surface area contributed by atoms with E-state index in [1.807, 2.05) is 0 Å². The molecule has 373 valence electrons. The maximum absolute atomic E-state index is 4.87. The fraction of sp³-hybridized carbons (Fsp3) is 0.400. The molecule has 0 amide bonds. The van der Waals surface area contributed by atoms with Crippen molar-refractivity contribution in [2.45, 2.75) is 157 Å². The van der Waals surface area contributed by atoms with Gasteiger partial charge in [-0.3, -0.25) is 0 Å². The van der Waals surface area contributed by atoms with E-state index in [4.69, 9.17) is 15.0 Å². The first-order chi connectivity index (χ1) is 31.4. The van der Waals surface area contributed by atoms with Crippen LogP contribution in [-0.4, -0.2) is 0 Å². The van der Waals surface area contributed by atoms with Crippen LogP contribution in [-0.2, 0) is 32.5 Å². The molecular weight excluding hydrogens is 1400 g/mol. The standard InChI is InChI=1S/3C20H22Br2N.Dy/c3*1-19(2,3)11-7-13-14-8-12(20(4,5)6)10-16(22)18(14)23-17(13)15(21)9-11;/h3*7-10H,1-6H3;/q3*-1;+3. The second kappa shape index (κ2) is 20.4. The monoisotopic (exact) mass is 1470 g/mol. The van der Waals surface area contributed by atoms with Crippen LogP contribution < -0.4 is 15.0 Å². The van der Waals surface area contributed by atoms with E-state index in [0.29, 0.717) is 0 Å². The summed E-state index contributed by atoms with van der Waals surface area (Å²) >= 11 is 22.3. The predicted octanol–water partition coefficient (Wildman–Crippen LogP) is 21.2. The topological polar surface area (TPSA) is 42.3 Å². The van der Waals surface area contributed by atoms with E-state index >= 15 is 0 Å². The molecule has 3 heterocycles. The Morgan fingerprint density at radius 3 is 0.443 bits per heavy atom. The molecule has 0 saturated heterocycles. The van der Waals surface area contributed by atoms with Gasteiger partial charge in [0.25, 0.3) is 0 Å². The smallest absolute Gasteiger partial charge is 0.655 e. The maximum atomic E-state index is 4.87. The molecule has 0 saturated carbocycles. The molecule has 9 aromatic rings. The third-order valence-corrected chi connectivity index (χ3v) is 16.7. The van der Waals surface area contributed by atoms with Crippen molar-refractivity contribution in [2.24, 2.45) is 0 Å². The molecule has 3 aromatic heterocycles. The van der Waals surface area contributed by atoms with Gasteiger partial charge in [-0.2, -0.15) is 0 Å². The molecule has 10 heteroatoms. The summed E-state index contributed by atoms with van der Waals surface area (Å²) in [6.45, 7) is 40.4. The third kappa shape index (κ3) is 12.1. The van der Waals surface area contributed by atoms with Crippen molar-refractivity contribution in [1.82, 2.24) is 15.0 Å². The molecule has 0 fully saturated rings. The van der Waals surface area contributed by atoms with Gasteiger partial charge in [0.2, 0.25) is 0 Å². The summed E-state index contributed by atoms with van der Waals surface area (Å²) < 4.78 is 6.42. The Kier molecular flexibility index (Phi) is 17.0. The summed E-state index contributed by atoms with van der Waals surface area (Å²) in [5.74, 6) is 0. The van der Waals surface area contributed by atoms with Crippen LogP contribution in [0.15, 0.2) is 99.6 Å². The second-order valence-corrected chi connectivity index (χ2v) is 30.1. The average Bonchev–Trinajstić information content (AvgIpc) is 3.90. The van der Waals surface area contributed by atoms with Gasteiger partial charge in [-0.15, -0.1) is 33.1 Å². The number of fused-ring (bicyclic) bond motifs is 9. The first-order valence-electron chi connectivity index (χ1n) is 23.7. The van der Waals surface area contributed by atoms with E-state index in [2.05, 4.69) is 293 Å². The third-order valence-electron chi connectivity index (χ3n) is 13.1. The van der Waals surface area contributed by atoms with Crippen LogP contribution in [0.25, 0.3) is 65.4 Å². The van der Waals surface area contributed by atoms with Crippen LogP contribution in [0.2, 0.25) is 0 Å². The van der Waals surface area contributed by atoms with Crippen molar-refractivity contribution in [2.75, 3.05) is 0 Å². The zero-order chi connectivity index (χ0) is 51.5. The molecule has 0 spiro atoms. The largest absolute Gasteiger partial charge is 3.00 e. The molecule has 0 unspecified atom stereocenters. The number of aromatic nitrogens is 3. The number of rotatable bonds is 0. The summed E-state index contributed by atoms with van der Waals surface area (Å²) in [6.07, 6.45) is 0. The molecule has 6 aromatic carbocycles. The second-order valence-electron chi connectivity index (χ2n) is 25.0. The van der Waals surface area contributed by atoms with Gasteiger partial charge in [-0.1, -0.05) is 257 Å². The van der Waals surface area contributed by atoms with Gasteiger partial charge in [0.15, 0.2) is 0 Å². The quantitative estimate of drug-likeness (QED) is 0.152. The summed E-state index contributed by atoms with van der Waals surface area (Å²) in [5, 5.41) is 7.37. The van der Waals surface area contributed by atoms with Crippen LogP contribution in [0.5, 0.6) is 0 Å². The fourth-order valence-electron chi connectivity index (χ4n) is 8.44. The van der Waals surface area contributed by atoms with Crippen LogP contribution in [0.3, 0.4) is 0 Å². The van der Waals surface area contributed by atoms with Gasteiger partial charge in [-0.05, 0) is 135 Å². The molecule has 0 bridgehead atoms. The molecule has 3 nitrogen and oxygen atoms in total. The van der Waals surface area contributed by atoms with E-state index in [9.17, 15) is 0 Å². The minimum atomic E-state index is 0. The molecule has 0 aliphatic carbocycles. The number of halogens is 6. The molecule has 9 rings (SSSR count). The summed E-state index contributed by atoms with van der Waals surface area (Å²) in [4.78, 5) is 14.6. The van der Waals surface area contributed by atoms with E-state index < -0.39 is 0 Å². The molecule has 0 aliphatic rings. The van der Waals surface area contributed by atoms with Crippen LogP contribution in [0.1, 0.15) is 158 Å². The minimum absolute atomic E-state index is 0. The van der Waals surface area contributed by atoms with Crippen molar-refractivity contribution in [3.63, 3.8) is 0 Å². The molecule has 0 atom stereocenters. The Hall–Kier alpha value is -1.13. The Balaban J connectivity index is 0.000000171. The van der Waals surface area contributed by atoms with Crippen molar-refractivity contribution < 1.29 is 38.2 Å². The van der Waals surface area contributed by atoms with Gasteiger partial charge >= 0.3 is 38.2 Å². The van der Waals surface area contributed by atoms with E-state index in [0.717, 1.165) is 59.9 Å². The van der Waals surface area contributed by atoms with Crippen LogP contribution in [0.4, 0.5) is 0 Å². The first-order valence-corrected chi connectivity index (χ1v) is 28.4. The summed E-state index contributed by atoms with van der Waals surface area (Å²) in [6, 6.07) is 27.0. The van der Waals surface area contributed by atoms with E-state index in [-0.39, 0.29) is 70.7 Å². The number of nitrogens with zero attached hydrogens (tertiary/aromatic N) is 3. The van der Waals surface area contributed by atoms with Gasteiger partial charge in [0, 0.05) is 26.8 Å². The minimum Gasteiger partial charge on any atom is -0.655 e.